The molecule has 6 nitrogen and oxygen atoms in total. The minimum absolute atomic E-state index is 0.150. The molecular formula is C17H30N2O4. The van der Waals surface area contributed by atoms with Gasteiger partial charge in [0.1, 0.15) is 6.10 Å². The van der Waals surface area contributed by atoms with Crippen LogP contribution in [0, 0.1) is 11.8 Å². The molecule has 0 aromatic rings. The molecule has 0 spiro atoms. The first kappa shape index (κ1) is 17.1. The molecule has 0 unspecified atom stereocenters. The summed E-state index contributed by atoms with van der Waals surface area (Å²) in [4.78, 5) is 16.4. The van der Waals surface area contributed by atoms with Crippen LogP contribution in [-0.2, 0) is 4.79 Å². The molecule has 0 radical (unpaired) electrons. The van der Waals surface area contributed by atoms with Gasteiger partial charge in [-0.25, -0.2) is 0 Å². The van der Waals surface area contributed by atoms with Crippen LogP contribution >= 0.6 is 0 Å². The Labute approximate surface area is 138 Å². The Bertz CT molecular complexity index is 421. The number of carbonyl (C=O) groups excluding carboxylic acids is 1. The first-order chi connectivity index (χ1) is 11.0. The maximum Gasteiger partial charge on any atom is 0.225 e. The molecule has 132 valence electrons. The molecule has 3 rings (SSSR count). The van der Waals surface area contributed by atoms with Gasteiger partial charge in [-0.15, -0.1) is 0 Å². The Balaban J connectivity index is 1.47. The van der Waals surface area contributed by atoms with Gasteiger partial charge in [0.15, 0.2) is 0 Å². The fourth-order valence-electron chi connectivity index (χ4n) is 4.07. The summed E-state index contributed by atoms with van der Waals surface area (Å²) in [7, 11) is 0. The molecule has 3 N–H and O–H groups in total. The lowest BCUT2D eigenvalue weighted by molar-refractivity contribution is -0.142. The number of amides is 1. The Morgan fingerprint density at radius 1 is 1.04 bits per heavy atom. The molecule has 23 heavy (non-hydrogen) atoms. The molecule has 6 heteroatoms. The molecule has 1 amide bonds. The van der Waals surface area contributed by atoms with Crippen LogP contribution in [0.15, 0.2) is 0 Å². The van der Waals surface area contributed by atoms with Gasteiger partial charge in [0.2, 0.25) is 5.91 Å². The molecule has 2 aliphatic heterocycles. The minimum Gasteiger partial charge on any atom is -0.389 e. The van der Waals surface area contributed by atoms with E-state index in [0.717, 1.165) is 45.3 Å². The maximum absolute atomic E-state index is 12.3. The van der Waals surface area contributed by atoms with E-state index in [1.165, 1.54) is 6.42 Å². The highest BCUT2D eigenvalue weighted by atomic mass is 16.4. The predicted molar refractivity (Wildman–Crippen MR) is 85.7 cm³/mol. The van der Waals surface area contributed by atoms with Crippen LogP contribution < -0.4 is 0 Å². The van der Waals surface area contributed by atoms with Crippen LogP contribution in [0.5, 0.6) is 0 Å². The fraction of sp³-hybridized carbons (Fsp3) is 0.941. The van der Waals surface area contributed by atoms with Crippen molar-refractivity contribution in [3.05, 3.63) is 0 Å². The minimum atomic E-state index is -1.05. The van der Waals surface area contributed by atoms with Crippen molar-refractivity contribution in [2.24, 2.45) is 11.8 Å². The topological polar surface area (TPSA) is 84.2 Å². The molecule has 0 aromatic carbocycles. The zero-order valence-electron chi connectivity index (χ0n) is 14.0. The quantitative estimate of drug-likeness (QED) is 0.670. The third-order valence-electron chi connectivity index (χ3n) is 6.11. The molecule has 2 saturated heterocycles. The van der Waals surface area contributed by atoms with Crippen molar-refractivity contribution in [1.29, 1.82) is 0 Å². The van der Waals surface area contributed by atoms with Gasteiger partial charge in [-0.3, -0.25) is 9.69 Å². The molecule has 1 saturated carbocycles. The lowest BCUT2D eigenvalue weighted by Crippen LogP contribution is -2.61. The van der Waals surface area contributed by atoms with Crippen molar-refractivity contribution in [3.63, 3.8) is 0 Å². The number of aliphatic hydroxyl groups excluding tert-OH is 3. The largest absolute Gasteiger partial charge is 0.389 e. The Morgan fingerprint density at radius 3 is 2.26 bits per heavy atom. The van der Waals surface area contributed by atoms with Crippen LogP contribution in [0.3, 0.4) is 0 Å². The highest BCUT2D eigenvalue weighted by molar-refractivity contribution is 5.79. The molecule has 0 aromatic heterocycles. The number of hydrogen-bond acceptors (Lipinski definition) is 5. The average Bonchev–Trinajstić information content (AvgIpc) is 2.49. The number of β-amino-alcohol motifs (C(OH)–C–C–N with tert-alkyl or cyclic N) is 1. The molecule has 2 heterocycles. The first-order valence-corrected chi connectivity index (χ1v) is 9.04. The average molecular weight is 326 g/mol. The number of likely N-dealkylation sites (tertiary alicyclic amines) is 2. The Kier molecular flexibility index (Phi) is 5.26. The second-order valence-corrected chi connectivity index (χ2v) is 7.64. The van der Waals surface area contributed by atoms with Crippen molar-refractivity contribution in [1.82, 2.24) is 9.80 Å². The summed E-state index contributed by atoms with van der Waals surface area (Å²) < 4.78 is 0. The lowest BCUT2D eigenvalue weighted by Gasteiger charge is -2.45. The van der Waals surface area contributed by atoms with Gasteiger partial charge in [-0.2, -0.15) is 0 Å². The third kappa shape index (κ3) is 3.55. The van der Waals surface area contributed by atoms with Gasteiger partial charge in [0, 0.05) is 38.1 Å². The van der Waals surface area contributed by atoms with E-state index in [1.807, 2.05) is 11.8 Å². The predicted octanol–water partition coefficient (Wildman–Crippen LogP) is -0.188. The monoisotopic (exact) mass is 326 g/mol. The summed E-state index contributed by atoms with van der Waals surface area (Å²) in [6, 6.07) is -0.150. The Morgan fingerprint density at radius 2 is 1.70 bits per heavy atom. The summed E-state index contributed by atoms with van der Waals surface area (Å²) in [5, 5.41) is 29.6. The number of piperidine rings is 2. The van der Waals surface area contributed by atoms with E-state index in [0.29, 0.717) is 18.4 Å². The Hall–Kier alpha value is -0.690. The van der Waals surface area contributed by atoms with Gasteiger partial charge in [-0.05, 0) is 38.5 Å². The van der Waals surface area contributed by atoms with E-state index in [-0.39, 0.29) is 12.0 Å². The van der Waals surface area contributed by atoms with Crippen molar-refractivity contribution < 1.29 is 20.1 Å². The SMILES string of the molecule is C[C@@H]1[C@@H](O)[C@H](O)[C@@H](O)CN1CC1CCN(C(=O)C2CCC2)CC1. The molecule has 3 aliphatic rings. The molecule has 0 bridgehead atoms. The highest BCUT2D eigenvalue weighted by Gasteiger charge is 2.40. The second-order valence-electron chi connectivity index (χ2n) is 7.64. The number of aliphatic hydroxyl groups is 3. The molecule has 3 fully saturated rings. The second kappa shape index (κ2) is 7.05. The smallest absolute Gasteiger partial charge is 0.225 e. The summed E-state index contributed by atoms with van der Waals surface area (Å²) in [5.74, 6) is 1.10. The van der Waals surface area contributed by atoms with E-state index >= 15 is 0 Å². The van der Waals surface area contributed by atoms with E-state index in [9.17, 15) is 20.1 Å². The summed E-state index contributed by atoms with van der Waals surface area (Å²) in [6.45, 7) is 4.77. The number of rotatable bonds is 3. The zero-order chi connectivity index (χ0) is 16.6. The van der Waals surface area contributed by atoms with E-state index in [1.54, 1.807) is 0 Å². The summed E-state index contributed by atoms with van der Waals surface area (Å²) in [5.41, 5.74) is 0. The zero-order valence-corrected chi connectivity index (χ0v) is 14.0. The standard InChI is InChI=1S/C17H30N2O4/c1-11-15(21)16(22)14(20)10-19(11)9-12-5-7-18(8-6-12)17(23)13-3-2-4-13/h11-16,20-22H,2-10H2,1H3/t11-,14+,15-,16-/m1/s1. The van der Waals surface area contributed by atoms with Gasteiger partial charge in [0.05, 0.1) is 12.2 Å². The van der Waals surface area contributed by atoms with Gasteiger partial charge in [0.25, 0.3) is 0 Å². The van der Waals surface area contributed by atoms with Crippen molar-refractivity contribution in [2.75, 3.05) is 26.2 Å². The highest BCUT2D eigenvalue weighted by Crippen LogP contribution is 2.30. The molecular weight excluding hydrogens is 296 g/mol. The van der Waals surface area contributed by atoms with E-state index in [4.69, 9.17) is 0 Å². The van der Waals surface area contributed by atoms with Gasteiger partial charge >= 0.3 is 0 Å². The van der Waals surface area contributed by atoms with E-state index in [2.05, 4.69) is 4.90 Å². The molecule has 1 aliphatic carbocycles. The third-order valence-corrected chi connectivity index (χ3v) is 6.11. The van der Waals surface area contributed by atoms with Crippen molar-refractivity contribution in [2.45, 2.75) is 63.4 Å². The first-order valence-electron chi connectivity index (χ1n) is 9.04. The normalized spacial score (nSPS) is 37.7. The van der Waals surface area contributed by atoms with Crippen LogP contribution in [0.2, 0.25) is 0 Å². The maximum atomic E-state index is 12.3. The van der Waals surface area contributed by atoms with Crippen molar-refractivity contribution in [3.8, 4) is 0 Å². The van der Waals surface area contributed by atoms with Crippen LogP contribution in [0.25, 0.3) is 0 Å². The van der Waals surface area contributed by atoms with E-state index < -0.39 is 18.3 Å². The van der Waals surface area contributed by atoms with Gasteiger partial charge < -0.3 is 20.2 Å². The van der Waals surface area contributed by atoms with Crippen LogP contribution in [0.4, 0.5) is 0 Å². The number of hydrogen-bond donors (Lipinski definition) is 3. The fourth-order valence-corrected chi connectivity index (χ4v) is 4.07. The van der Waals surface area contributed by atoms with Gasteiger partial charge in [-0.1, -0.05) is 6.42 Å². The molecule has 4 atom stereocenters. The summed E-state index contributed by atoms with van der Waals surface area (Å²) >= 11 is 0. The van der Waals surface area contributed by atoms with Crippen LogP contribution in [0.1, 0.15) is 39.0 Å². The van der Waals surface area contributed by atoms with Crippen LogP contribution in [-0.4, -0.2) is 81.6 Å². The van der Waals surface area contributed by atoms with Crippen molar-refractivity contribution >= 4 is 5.91 Å². The summed E-state index contributed by atoms with van der Waals surface area (Å²) in [6.07, 6.45) is 2.43. The number of nitrogens with zero attached hydrogens (tertiary/aromatic N) is 2. The number of carbonyl (C=O) groups is 1. The lowest BCUT2D eigenvalue weighted by atomic mass is 9.83.